The third-order valence-electron chi connectivity index (χ3n) is 2.44. The Balaban J connectivity index is 1.83. The summed E-state index contributed by atoms with van der Waals surface area (Å²) >= 11 is 0. The van der Waals surface area contributed by atoms with Gasteiger partial charge < -0.3 is 24.9 Å². The summed E-state index contributed by atoms with van der Waals surface area (Å²) in [5.41, 5.74) is 6.11. The summed E-state index contributed by atoms with van der Waals surface area (Å²) < 4.78 is 16.1. The molecule has 0 fully saturated rings. The van der Waals surface area contributed by atoms with Gasteiger partial charge >= 0.3 is 12.0 Å². The summed E-state index contributed by atoms with van der Waals surface area (Å²) in [5, 5.41) is 10.2. The number of anilines is 3. The minimum Gasteiger partial charge on any atom is -0.490 e. The maximum absolute atomic E-state index is 5.58. The predicted octanol–water partition coefficient (Wildman–Crippen LogP) is 1.56. The summed E-state index contributed by atoms with van der Waals surface area (Å²) in [6.45, 7) is 1.31. The number of nitrogens with zero attached hydrogens (tertiary/aromatic N) is 2. The highest BCUT2D eigenvalue weighted by Gasteiger charge is 2.11. The topological polar surface area (TPSA) is 95.4 Å². The number of nitrogens with two attached hydrogens (primary N) is 1. The lowest BCUT2D eigenvalue weighted by atomic mass is 10.3. The van der Waals surface area contributed by atoms with Gasteiger partial charge in [0.05, 0.1) is 13.2 Å². The molecule has 0 saturated carbocycles. The smallest absolute Gasteiger partial charge is 0.321 e. The summed E-state index contributed by atoms with van der Waals surface area (Å²) in [5.74, 6) is 1.44. The molecule has 0 unspecified atom stereocenters. The van der Waals surface area contributed by atoms with Crippen molar-refractivity contribution >= 4 is 17.7 Å². The Hall–Kier alpha value is -2.44. The molecule has 1 aliphatic rings. The van der Waals surface area contributed by atoms with E-state index in [2.05, 4.69) is 15.5 Å². The van der Waals surface area contributed by atoms with Crippen molar-refractivity contribution in [3.63, 3.8) is 0 Å². The zero-order valence-electron chi connectivity index (χ0n) is 9.55. The van der Waals surface area contributed by atoms with Crippen LogP contribution in [0.15, 0.2) is 22.6 Å². The molecule has 1 aliphatic heterocycles. The zero-order chi connectivity index (χ0) is 12.4. The lowest BCUT2D eigenvalue weighted by Gasteiger charge is -2.08. The minimum atomic E-state index is 0.0202. The number of fused-ring (bicyclic) bond motifs is 1. The summed E-state index contributed by atoms with van der Waals surface area (Å²) in [6, 6.07) is 5.76. The molecular formula is C11H12N4O3. The fourth-order valence-electron chi connectivity index (χ4n) is 1.65. The second kappa shape index (κ2) is 4.44. The molecule has 2 heterocycles. The van der Waals surface area contributed by atoms with Crippen LogP contribution in [0, 0.1) is 0 Å². The van der Waals surface area contributed by atoms with Crippen LogP contribution in [-0.2, 0) is 0 Å². The lowest BCUT2D eigenvalue weighted by Crippen LogP contribution is -1.97. The van der Waals surface area contributed by atoms with Crippen LogP contribution in [0.25, 0.3) is 0 Å². The van der Waals surface area contributed by atoms with Crippen LogP contribution in [0.2, 0.25) is 0 Å². The van der Waals surface area contributed by atoms with E-state index in [9.17, 15) is 0 Å². The largest absolute Gasteiger partial charge is 0.490 e. The van der Waals surface area contributed by atoms with Gasteiger partial charge in [-0.25, -0.2) is 0 Å². The molecule has 3 rings (SSSR count). The van der Waals surface area contributed by atoms with Gasteiger partial charge in [0, 0.05) is 18.2 Å². The predicted molar refractivity (Wildman–Crippen MR) is 64.0 cm³/mol. The van der Waals surface area contributed by atoms with Gasteiger partial charge in [-0.2, -0.15) is 0 Å². The SMILES string of the molecule is Nc1nnc(Nc2ccc3c(c2)OCCCO3)o1. The van der Waals surface area contributed by atoms with E-state index in [1.165, 1.54) is 0 Å². The Labute approximate surface area is 103 Å². The second-order valence-corrected chi connectivity index (χ2v) is 3.78. The van der Waals surface area contributed by atoms with E-state index in [4.69, 9.17) is 19.6 Å². The molecule has 0 aliphatic carbocycles. The Morgan fingerprint density at radius 2 is 1.94 bits per heavy atom. The van der Waals surface area contributed by atoms with Crippen LogP contribution >= 0.6 is 0 Å². The van der Waals surface area contributed by atoms with Gasteiger partial charge in [-0.3, -0.25) is 0 Å². The van der Waals surface area contributed by atoms with Crippen molar-refractivity contribution in [1.29, 1.82) is 0 Å². The zero-order valence-corrected chi connectivity index (χ0v) is 9.55. The standard InChI is InChI=1S/C11H12N4O3/c12-10-14-15-11(18-10)13-7-2-3-8-9(6-7)17-5-1-4-16-8/h2-3,6H,1,4-5H2,(H2,12,14)(H,13,15). The van der Waals surface area contributed by atoms with Crippen LogP contribution in [0.1, 0.15) is 6.42 Å². The van der Waals surface area contributed by atoms with E-state index >= 15 is 0 Å². The van der Waals surface area contributed by atoms with Crippen molar-refractivity contribution in [3.05, 3.63) is 18.2 Å². The summed E-state index contributed by atoms with van der Waals surface area (Å²) in [6.07, 6.45) is 0.873. The van der Waals surface area contributed by atoms with E-state index in [1.807, 2.05) is 18.2 Å². The van der Waals surface area contributed by atoms with E-state index in [0.717, 1.165) is 17.9 Å². The average molecular weight is 248 g/mol. The number of benzene rings is 1. The first kappa shape index (κ1) is 10.7. The van der Waals surface area contributed by atoms with Gasteiger partial charge in [0.2, 0.25) is 0 Å². The molecule has 0 radical (unpaired) electrons. The van der Waals surface area contributed by atoms with Gasteiger partial charge in [0.1, 0.15) is 0 Å². The number of ether oxygens (including phenoxy) is 2. The first-order chi connectivity index (χ1) is 8.81. The Bertz CT molecular complexity index is 555. The number of nitrogen functional groups attached to an aromatic ring is 1. The van der Waals surface area contributed by atoms with Gasteiger partial charge in [-0.1, -0.05) is 10.2 Å². The minimum absolute atomic E-state index is 0.0202. The van der Waals surface area contributed by atoms with Crippen molar-refractivity contribution in [2.24, 2.45) is 0 Å². The normalized spacial score (nSPS) is 14.0. The van der Waals surface area contributed by atoms with Gasteiger partial charge in [0.15, 0.2) is 11.5 Å². The molecule has 0 bridgehead atoms. The van der Waals surface area contributed by atoms with Crippen molar-refractivity contribution < 1.29 is 13.9 Å². The van der Waals surface area contributed by atoms with Crippen molar-refractivity contribution in [2.75, 3.05) is 24.3 Å². The molecule has 0 spiro atoms. The van der Waals surface area contributed by atoms with Crippen molar-refractivity contribution in [3.8, 4) is 11.5 Å². The molecule has 1 aromatic carbocycles. The van der Waals surface area contributed by atoms with Gasteiger partial charge in [0.25, 0.3) is 0 Å². The summed E-state index contributed by atoms with van der Waals surface area (Å²) in [7, 11) is 0. The molecule has 7 heteroatoms. The Morgan fingerprint density at radius 3 is 2.72 bits per heavy atom. The molecule has 0 saturated heterocycles. The van der Waals surface area contributed by atoms with Crippen LogP contribution in [-0.4, -0.2) is 23.4 Å². The fourth-order valence-corrected chi connectivity index (χ4v) is 1.65. The highest BCUT2D eigenvalue weighted by molar-refractivity contribution is 5.59. The van der Waals surface area contributed by atoms with Gasteiger partial charge in [-0.05, 0) is 12.1 Å². The summed E-state index contributed by atoms with van der Waals surface area (Å²) in [4.78, 5) is 0. The van der Waals surface area contributed by atoms with E-state index in [-0.39, 0.29) is 12.0 Å². The molecule has 1 aromatic heterocycles. The molecule has 3 N–H and O–H groups in total. The quantitative estimate of drug-likeness (QED) is 0.832. The fraction of sp³-hybridized carbons (Fsp3) is 0.273. The maximum atomic E-state index is 5.58. The third kappa shape index (κ3) is 2.15. The van der Waals surface area contributed by atoms with Crippen LogP contribution in [0.3, 0.4) is 0 Å². The number of aromatic nitrogens is 2. The van der Waals surface area contributed by atoms with Crippen LogP contribution in [0.5, 0.6) is 11.5 Å². The number of hydrogen-bond acceptors (Lipinski definition) is 7. The van der Waals surface area contributed by atoms with E-state index in [1.54, 1.807) is 0 Å². The monoisotopic (exact) mass is 248 g/mol. The molecule has 94 valence electrons. The van der Waals surface area contributed by atoms with Crippen molar-refractivity contribution in [1.82, 2.24) is 10.2 Å². The first-order valence-electron chi connectivity index (χ1n) is 5.57. The average Bonchev–Trinajstić information content (AvgIpc) is 2.64. The Morgan fingerprint density at radius 1 is 1.11 bits per heavy atom. The number of rotatable bonds is 2. The number of nitrogens with one attached hydrogen (secondary N) is 1. The van der Waals surface area contributed by atoms with E-state index < -0.39 is 0 Å². The molecule has 18 heavy (non-hydrogen) atoms. The highest BCUT2D eigenvalue weighted by atomic mass is 16.5. The highest BCUT2D eigenvalue weighted by Crippen LogP contribution is 2.33. The lowest BCUT2D eigenvalue weighted by molar-refractivity contribution is 0.297. The number of hydrogen-bond donors (Lipinski definition) is 2. The molecular weight excluding hydrogens is 236 g/mol. The molecule has 2 aromatic rings. The van der Waals surface area contributed by atoms with E-state index in [0.29, 0.717) is 19.0 Å². The molecule has 7 nitrogen and oxygen atoms in total. The second-order valence-electron chi connectivity index (χ2n) is 3.78. The van der Waals surface area contributed by atoms with Gasteiger partial charge in [-0.15, -0.1) is 0 Å². The Kier molecular flexibility index (Phi) is 2.64. The van der Waals surface area contributed by atoms with Crippen molar-refractivity contribution in [2.45, 2.75) is 6.42 Å². The molecule has 0 atom stereocenters. The van der Waals surface area contributed by atoms with Crippen LogP contribution in [0.4, 0.5) is 17.7 Å². The first-order valence-corrected chi connectivity index (χ1v) is 5.57. The van der Waals surface area contributed by atoms with Crippen LogP contribution < -0.4 is 20.5 Å². The third-order valence-corrected chi connectivity index (χ3v) is 2.44. The maximum Gasteiger partial charge on any atom is 0.321 e. The molecule has 0 amide bonds.